The predicted octanol–water partition coefficient (Wildman–Crippen LogP) is 3.25. The zero-order valence-corrected chi connectivity index (χ0v) is 23.2. The van der Waals surface area contributed by atoms with E-state index in [-0.39, 0.29) is 17.0 Å². The van der Waals surface area contributed by atoms with Crippen molar-refractivity contribution in [1.82, 2.24) is 14.4 Å². The van der Waals surface area contributed by atoms with E-state index in [1.807, 2.05) is 37.3 Å². The Morgan fingerprint density at radius 2 is 1.84 bits per heavy atom. The number of benzene rings is 1. The lowest BCUT2D eigenvalue weighted by Gasteiger charge is -2.36. The second-order valence-corrected chi connectivity index (χ2v) is 10.8. The number of aromatic nitrogens is 1. The van der Waals surface area contributed by atoms with E-state index in [1.165, 1.54) is 11.8 Å². The van der Waals surface area contributed by atoms with Crippen LogP contribution in [0.1, 0.15) is 29.2 Å². The molecular weight excluding hydrogens is 506 g/mol. The molecule has 0 bridgehead atoms. The third-order valence-corrected chi connectivity index (χ3v) is 8.28. The molecule has 0 radical (unpaired) electrons. The maximum absolute atomic E-state index is 13.4. The molecule has 0 N–H and O–H groups in total. The van der Waals surface area contributed by atoms with E-state index in [0.29, 0.717) is 34.3 Å². The maximum atomic E-state index is 13.4. The molecule has 3 heterocycles. The highest BCUT2D eigenvalue weighted by Crippen LogP contribution is 2.36. The van der Waals surface area contributed by atoms with Gasteiger partial charge in [0.05, 0.1) is 12.0 Å². The van der Waals surface area contributed by atoms with Gasteiger partial charge in [-0.1, -0.05) is 36.1 Å². The van der Waals surface area contributed by atoms with Gasteiger partial charge in [-0.25, -0.2) is 0 Å². The molecule has 0 unspecified atom stereocenters. The first-order chi connectivity index (χ1) is 17.8. The highest BCUT2D eigenvalue weighted by molar-refractivity contribution is 8.26. The molecule has 2 saturated heterocycles. The van der Waals surface area contributed by atoms with Crippen molar-refractivity contribution in [1.29, 1.82) is 5.26 Å². The lowest BCUT2D eigenvalue weighted by atomic mass is 10.0. The number of thiocarbonyl (C=S) groups is 1. The summed E-state index contributed by atoms with van der Waals surface area (Å²) in [6.45, 7) is 7.83. The molecule has 4 rings (SSSR count). The topological polar surface area (TPSA) is 81.8 Å². The van der Waals surface area contributed by atoms with E-state index in [0.717, 1.165) is 48.9 Å². The lowest BCUT2D eigenvalue weighted by Crippen LogP contribution is -2.47. The third-order valence-electron chi connectivity index (χ3n) is 6.90. The summed E-state index contributed by atoms with van der Waals surface area (Å²) in [6.07, 6.45) is 2.48. The van der Waals surface area contributed by atoms with Gasteiger partial charge in [-0.3, -0.25) is 19.1 Å². The van der Waals surface area contributed by atoms with Crippen LogP contribution in [0.25, 0.3) is 6.08 Å². The SMILES string of the molecule is CCn1c(N2CCN(C)CC2)c(C=C2SC(=S)N(CCc3ccc(OC)cc3)C2=O)c(C)c(C#N)c1=O. The summed E-state index contributed by atoms with van der Waals surface area (Å²) in [7, 11) is 3.71. The zero-order chi connectivity index (χ0) is 26.7. The summed E-state index contributed by atoms with van der Waals surface area (Å²) >= 11 is 6.84. The Balaban J connectivity index is 1.69. The number of piperazine rings is 1. The number of nitriles is 1. The van der Waals surface area contributed by atoms with Crippen LogP contribution >= 0.6 is 24.0 Å². The first-order valence-corrected chi connectivity index (χ1v) is 13.5. The molecule has 37 heavy (non-hydrogen) atoms. The number of carbonyl (C=O) groups is 1. The Kier molecular flexibility index (Phi) is 8.37. The largest absolute Gasteiger partial charge is 0.497 e. The van der Waals surface area contributed by atoms with Gasteiger partial charge < -0.3 is 14.5 Å². The number of amides is 1. The van der Waals surface area contributed by atoms with Gasteiger partial charge in [-0.05, 0) is 56.7 Å². The Hall–Kier alpha value is -3.13. The number of anilines is 1. The fourth-order valence-corrected chi connectivity index (χ4v) is 5.94. The van der Waals surface area contributed by atoms with E-state index in [1.54, 1.807) is 23.5 Å². The standard InChI is InChI=1S/C27H31N5O3S2/c1-5-31-24(30-14-12-29(3)13-15-30)21(18(2)22(17-28)25(31)33)16-23-26(34)32(27(36)37-23)11-10-19-6-8-20(35-4)9-7-19/h6-9,16H,5,10-15H2,1-4H3. The number of methoxy groups -OCH3 is 1. The highest BCUT2D eigenvalue weighted by Gasteiger charge is 2.33. The summed E-state index contributed by atoms with van der Waals surface area (Å²) in [6, 6.07) is 9.85. The first kappa shape index (κ1) is 26.9. The van der Waals surface area contributed by atoms with Gasteiger partial charge in [0.15, 0.2) is 0 Å². The molecule has 2 fully saturated rings. The minimum atomic E-state index is -0.291. The van der Waals surface area contributed by atoms with Crippen molar-refractivity contribution in [2.75, 3.05) is 51.8 Å². The van der Waals surface area contributed by atoms with Gasteiger partial charge in [0.1, 0.15) is 27.5 Å². The molecule has 8 nitrogen and oxygen atoms in total. The van der Waals surface area contributed by atoms with E-state index in [2.05, 4.69) is 22.9 Å². The molecule has 0 saturated carbocycles. The van der Waals surface area contributed by atoms with Crippen molar-refractivity contribution in [2.45, 2.75) is 26.8 Å². The number of thioether (sulfide) groups is 1. The number of carbonyl (C=O) groups excluding carboxylic acids is 1. The summed E-state index contributed by atoms with van der Waals surface area (Å²) in [4.78, 5) is 33.2. The fraction of sp³-hybridized carbons (Fsp3) is 0.407. The summed E-state index contributed by atoms with van der Waals surface area (Å²) < 4.78 is 7.38. The van der Waals surface area contributed by atoms with Crippen LogP contribution in [0.5, 0.6) is 5.75 Å². The average molecular weight is 538 g/mol. The van der Waals surface area contributed by atoms with Crippen molar-refractivity contribution >= 4 is 46.1 Å². The van der Waals surface area contributed by atoms with E-state index in [4.69, 9.17) is 17.0 Å². The lowest BCUT2D eigenvalue weighted by molar-refractivity contribution is -0.122. The van der Waals surface area contributed by atoms with E-state index in [9.17, 15) is 14.9 Å². The normalized spacial score (nSPS) is 17.5. The van der Waals surface area contributed by atoms with Gasteiger partial charge >= 0.3 is 0 Å². The number of hydrogen-bond donors (Lipinski definition) is 0. The zero-order valence-electron chi connectivity index (χ0n) is 21.6. The van der Waals surface area contributed by atoms with Gasteiger partial charge in [-0.2, -0.15) is 5.26 Å². The van der Waals surface area contributed by atoms with E-state index >= 15 is 0 Å². The minimum absolute atomic E-state index is 0.112. The van der Waals surface area contributed by atoms with Crippen LogP contribution in [0.15, 0.2) is 34.0 Å². The van der Waals surface area contributed by atoms with Crippen LogP contribution in [0, 0.1) is 18.3 Å². The molecule has 2 aliphatic rings. The second kappa shape index (κ2) is 11.5. The van der Waals surface area contributed by atoms with Crippen LogP contribution in [-0.2, 0) is 17.8 Å². The molecule has 1 aromatic carbocycles. The smallest absolute Gasteiger partial charge is 0.270 e. The first-order valence-electron chi connectivity index (χ1n) is 12.3. The van der Waals surface area contributed by atoms with Gasteiger partial charge in [0.25, 0.3) is 11.5 Å². The fourth-order valence-electron chi connectivity index (χ4n) is 4.65. The molecule has 0 spiro atoms. The Labute approximate surface area is 227 Å². The number of hydrogen-bond acceptors (Lipinski definition) is 8. The predicted molar refractivity (Wildman–Crippen MR) is 152 cm³/mol. The van der Waals surface area contributed by atoms with Gasteiger partial charge in [0, 0.05) is 44.8 Å². The highest BCUT2D eigenvalue weighted by atomic mass is 32.2. The molecule has 1 aromatic heterocycles. The average Bonchev–Trinajstić information content (AvgIpc) is 3.17. The molecule has 194 valence electrons. The number of pyridine rings is 1. The number of nitrogens with zero attached hydrogens (tertiary/aromatic N) is 5. The van der Waals surface area contributed by atoms with Crippen molar-refractivity contribution < 1.29 is 9.53 Å². The van der Waals surface area contributed by atoms with Crippen LogP contribution in [0.4, 0.5) is 5.82 Å². The van der Waals surface area contributed by atoms with E-state index < -0.39 is 0 Å². The maximum Gasteiger partial charge on any atom is 0.270 e. The Morgan fingerprint density at radius 3 is 2.43 bits per heavy atom. The Bertz CT molecular complexity index is 1340. The van der Waals surface area contributed by atoms with Crippen molar-refractivity contribution in [3.8, 4) is 11.8 Å². The summed E-state index contributed by atoms with van der Waals surface area (Å²) in [5, 5.41) is 9.77. The van der Waals surface area contributed by atoms with Crippen LogP contribution in [0.3, 0.4) is 0 Å². The Morgan fingerprint density at radius 1 is 1.16 bits per heavy atom. The molecular formula is C27H31N5O3S2. The number of rotatable bonds is 7. The molecule has 0 atom stereocenters. The quantitative estimate of drug-likeness (QED) is 0.393. The second-order valence-electron chi connectivity index (χ2n) is 9.12. The molecule has 1 amide bonds. The van der Waals surface area contributed by atoms with Gasteiger partial charge in [0.2, 0.25) is 0 Å². The van der Waals surface area contributed by atoms with Gasteiger partial charge in [-0.15, -0.1) is 0 Å². The van der Waals surface area contributed by atoms with Crippen molar-refractivity contribution in [3.63, 3.8) is 0 Å². The monoisotopic (exact) mass is 537 g/mol. The number of likely N-dealkylation sites (N-methyl/N-ethyl adjacent to an activating group) is 1. The van der Waals surface area contributed by atoms with Crippen molar-refractivity contribution in [3.05, 3.63) is 61.8 Å². The van der Waals surface area contributed by atoms with Crippen LogP contribution in [-0.4, -0.2) is 71.5 Å². The van der Waals surface area contributed by atoms with Crippen LogP contribution in [0.2, 0.25) is 0 Å². The summed E-state index contributed by atoms with van der Waals surface area (Å²) in [5.41, 5.74) is 2.23. The third kappa shape index (κ3) is 5.44. The number of ether oxygens (including phenoxy) is 1. The molecule has 10 heteroatoms. The molecule has 2 aromatic rings. The summed E-state index contributed by atoms with van der Waals surface area (Å²) in [5.74, 6) is 1.40. The van der Waals surface area contributed by atoms with Crippen molar-refractivity contribution in [2.24, 2.45) is 0 Å². The molecule has 0 aliphatic carbocycles. The molecule has 2 aliphatic heterocycles. The van der Waals surface area contributed by atoms with Crippen LogP contribution < -0.4 is 15.2 Å². The minimum Gasteiger partial charge on any atom is -0.497 e.